The summed E-state index contributed by atoms with van der Waals surface area (Å²) in [6, 6.07) is 7.69. The normalized spacial score (nSPS) is 10.3. The standard InChI is InChI=1S/C15H15N3O4/c1-10-4-3-5-13(11(10)2)16-14(19)9-17-8-12(18(21)22)6-7-15(17)20/h3-8H,9H2,1-2H3,(H,16,19). The van der Waals surface area contributed by atoms with Crippen LogP contribution in [-0.2, 0) is 11.3 Å². The number of aromatic nitrogens is 1. The van der Waals surface area contributed by atoms with Crippen molar-refractivity contribution in [1.82, 2.24) is 4.57 Å². The molecule has 7 nitrogen and oxygen atoms in total. The van der Waals surface area contributed by atoms with Crippen molar-refractivity contribution in [3.8, 4) is 0 Å². The van der Waals surface area contributed by atoms with Crippen LogP contribution >= 0.6 is 0 Å². The van der Waals surface area contributed by atoms with Crippen LogP contribution in [0.15, 0.2) is 41.3 Å². The summed E-state index contributed by atoms with van der Waals surface area (Å²) in [5, 5.41) is 13.4. The van der Waals surface area contributed by atoms with Crippen molar-refractivity contribution in [3.63, 3.8) is 0 Å². The topological polar surface area (TPSA) is 94.2 Å². The van der Waals surface area contributed by atoms with Crippen LogP contribution in [0.2, 0.25) is 0 Å². The van der Waals surface area contributed by atoms with Crippen LogP contribution in [0.5, 0.6) is 0 Å². The van der Waals surface area contributed by atoms with Crippen molar-refractivity contribution in [1.29, 1.82) is 0 Å². The third-order valence-electron chi connectivity index (χ3n) is 3.37. The highest BCUT2D eigenvalue weighted by Gasteiger charge is 2.11. The molecule has 0 saturated heterocycles. The summed E-state index contributed by atoms with van der Waals surface area (Å²) < 4.78 is 1.01. The lowest BCUT2D eigenvalue weighted by Crippen LogP contribution is -2.27. The summed E-state index contributed by atoms with van der Waals surface area (Å²) in [6.07, 6.45) is 1.06. The number of hydrogen-bond acceptors (Lipinski definition) is 4. The number of anilines is 1. The Morgan fingerprint density at radius 1 is 1.27 bits per heavy atom. The molecule has 0 atom stereocenters. The summed E-state index contributed by atoms with van der Waals surface area (Å²) in [5.74, 6) is -0.420. The van der Waals surface area contributed by atoms with Crippen LogP contribution in [0.1, 0.15) is 11.1 Å². The Morgan fingerprint density at radius 2 is 2.00 bits per heavy atom. The molecule has 7 heteroatoms. The minimum atomic E-state index is -0.613. The number of hydrogen-bond donors (Lipinski definition) is 1. The van der Waals surface area contributed by atoms with E-state index in [1.807, 2.05) is 26.0 Å². The zero-order chi connectivity index (χ0) is 16.3. The van der Waals surface area contributed by atoms with E-state index in [1.54, 1.807) is 6.07 Å². The van der Waals surface area contributed by atoms with Crippen LogP contribution in [0.3, 0.4) is 0 Å². The summed E-state index contributed by atoms with van der Waals surface area (Å²) in [4.78, 5) is 33.8. The van der Waals surface area contributed by atoms with Gasteiger partial charge in [-0.15, -0.1) is 0 Å². The van der Waals surface area contributed by atoms with Gasteiger partial charge < -0.3 is 5.32 Å². The number of rotatable bonds is 4. The maximum Gasteiger partial charge on any atom is 0.285 e. The van der Waals surface area contributed by atoms with Crippen molar-refractivity contribution in [3.05, 3.63) is 68.1 Å². The lowest BCUT2D eigenvalue weighted by atomic mass is 10.1. The molecular formula is C15H15N3O4. The van der Waals surface area contributed by atoms with Crippen molar-refractivity contribution in [2.24, 2.45) is 0 Å². The molecule has 0 aliphatic carbocycles. The lowest BCUT2D eigenvalue weighted by molar-refractivity contribution is -0.385. The molecule has 0 radical (unpaired) electrons. The molecule has 0 bridgehead atoms. The van der Waals surface area contributed by atoms with Crippen LogP contribution in [0.4, 0.5) is 11.4 Å². The monoisotopic (exact) mass is 301 g/mol. The minimum absolute atomic E-state index is 0.237. The van der Waals surface area contributed by atoms with Gasteiger partial charge in [0.1, 0.15) is 6.54 Å². The minimum Gasteiger partial charge on any atom is -0.324 e. The van der Waals surface area contributed by atoms with Crippen LogP contribution in [-0.4, -0.2) is 15.4 Å². The Bertz CT molecular complexity index is 796. The van der Waals surface area contributed by atoms with E-state index in [0.29, 0.717) is 5.69 Å². The molecule has 0 saturated carbocycles. The van der Waals surface area contributed by atoms with E-state index < -0.39 is 16.4 Å². The molecule has 0 spiro atoms. The number of nitrogens with zero attached hydrogens (tertiary/aromatic N) is 2. The number of carbonyl (C=O) groups excluding carboxylic acids is 1. The Morgan fingerprint density at radius 3 is 2.68 bits per heavy atom. The van der Waals surface area contributed by atoms with E-state index in [9.17, 15) is 19.7 Å². The van der Waals surface area contributed by atoms with Gasteiger partial charge in [-0.3, -0.25) is 24.3 Å². The molecule has 1 aromatic heterocycles. The number of aryl methyl sites for hydroxylation is 1. The highest BCUT2D eigenvalue weighted by Crippen LogP contribution is 2.17. The van der Waals surface area contributed by atoms with Gasteiger partial charge >= 0.3 is 0 Å². The van der Waals surface area contributed by atoms with Crippen molar-refractivity contribution >= 4 is 17.3 Å². The molecule has 0 fully saturated rings. The molecule has 114 valence electrons. The van der Waals surface area contributed by atoms with E-state index in [-0.39, 0.29) is 12.2 Å². The molecule has 2 aromatic rings. The second-order valence-corrected chi connectivity index (χ2v) is 4.91. The Kier molecular flexibility index (Phi) is 4.36. The van der Waals surface area contributed by atoms with E-state index in [0.717, 1.165) is 34.0 Å². The molecule has 1 heterocycles. The fourth-order valence-corrected chi connectivity index (χ4v) is 1.98. The fourth-order valence-electron chi connectivity index (χ4n) is 1.98. The average molecular weight is 301 g/mol. The highest BCUT2D eigenvalue weighted by molar-refractivity contribution is 5.91. The fraction of sp³-hybridized carbons (Fsp3) is 0.200. The summed E-state index contributed by atoms with van der Waals surface area (Å²) >= 11 is 0. The highest BCUT2D eigenvalue weighted by atomic mass is 16.6. The van der Waals surface area contributed by atoms with Gasteiger partial charge in [-0.1, -0.05) is 12.1 Å². The molecule has 1 aromatic carbocycles. The quantitative estimate of drug-likeness (QED) is 0.690. The molecule has 0 unspecified atom stereocenters. The average Bonchev–Trinajstić information content (AvgIpc) is 2.46. The number of nitrogens with one attached hydrogen (secondary N) is 1. The molecular weight excluding hydrogens is 286 g/mol. The summed E-state index contributed by atoms with van der Waals surface area (Å²) in [6.45, 7) is 3.52. The Labute approximate surface area is 126 Å². The third-order valence-corrected chi connectivity index (χ3v) is 3.37. The number of carbonyl (C=O) groups is 1. The zero-order valence-electron chi connectivity index (χ0n) is 12.2. The van der Waals surface area contributed by atoms with Gasteiger partial charge in [-0.05, 0) is 31.0 Å². The van der Waals surface area contributed by atoms with Gasteiger partial charge in [0.05, 0.1) is 11.1 Å². The van der Waals surface area contributed by atoms with E-state index in [2.05, 4.69) is 5.32 Å². The van der Waals surface area contributed by atoms with Crippen LogP contribution < -0.4 is 10.9 Å². The van der Waals surface area contributed by atoms with Crippen molar-refractivity contribution < 1.29 is 9.72 Å². The molecule has 0 aliphatic heterocycles. The number of pyridine rings is 1. The first-order valence-electron chi connectivity index (χ1n) is 6.59. The van der Waals surface area contributed by atoms with Crippen molar-refractivity contribution in [2.45, 2.75) is 20.4 Å². The SMILES string of the molecule is Cc1cccc(NC(=O)Cn2cc([N+](=O)[O-])ccc2=O)c1C. The Hall–Kier alpha value is -2.96. The van der Waals surface area contributed by atoms with Gasteiger partial charge in [0.15, 0.2) is 0 Å². The maximum atomic E-state index is 12.0. The molecule has 0 aliphatic rings. The molecule has 2 rings (SSSR count). The maximum absolute atomic E-state index is 12.0. The van der Waals surface area contributed by atoms with E-state index >= 15 is 0 Å². The second kappa shape index (κ2) is 6.21. The van der Waals surface area contributed by atoms with Gasteiger partial charge in [-0.2, -0.15) is 0 Å². The first-order chi connectivity index (χ1) is 10.4. The summed E-state index contributed by atoms with van der Waals surface area (Å²) in [7, 11) is 0. The largest absolute Gasteiger partial charge is 0.324 e. The number of nitro groups is 1. The van der Waals surface area contributed by atoms with E-state index in [1.165, 1.54) is 0 Å². The first kappa shape index (κ1) is 15.4. The predicted octanol–water partition coefficient (Wildman–Crippen LogP) is 2.01. The first-order valence-corrected chi connectivity index (χ1v) is 6.59. The molecule has 1 N–H and O–H groups in total. The van der Waals surface area contributed by atoms with Gasteiger partial charge in [-0.25, -0.2) is 0 Å². The lowest BCUT2D eigenvalue weighted by Gasteiger charge is -2.11. The summed E-state index contributed by atoms with van der Waals surface area (Å²) in [5.41, 5.74) is 1.91. The molecule has 22 heavy (non-hydrogen) atoms. The predicted molar refractivity (Wildman–Crippen MR) is 81.9 cm³/mol. The third kappa shape index (κ3) is 3.38. The smallest absolute Gasteiger partial charge is 0.285 e. The van der Waals surface area contributed by atoms with Crippen LogP contribution in [0, 0.1) is 24.0 Å². The second-order valence-electron chi connectivity index (χ2n) is 4.91. The zero-order valence-corrected chi connectivity index (χ0v) is 12.2. The van der Waals surface area contributed by atoms with Gasteiger partial charge in [0.25, 0.3) is 11.2 Å². The van der Waals surface area contributed by atoms with Gasteiger partial charge in [0.2, 0.25) is 5.91 Å². The number of amides is 1. The number of benzene rings is 1. The van der Waals surface area contributed by atoms with Gasteiger partial charge in [0, 0.05) is 17.8 Å². The Balaban J connectivity index is 2.19. The molecule has 1 amide bonds. The van der Waals surface area contributed by atoms with Crippen molar-refractivity contribution in [2.75, 3.05) is 5.32 Å². The van der Waals surface area contributed by atoms with Crippen LogP contribution in [0.25, 0.3) is 0 Å². The van der Waals surface area contributed by atoms with E-state index in [4.69, 9.17) is 0 Å².